The van der Waals surface area contributed by atoms with Crippen molar-refractivity contribution in [3.05, 3.63) is 45.5 Å². The van der Waals surface area contributed by atoms with E-state index in [1.165, 1.54) is 11.4 Å². The molecule has 0 saturated heterocycles. The van der Waals surface area contributed by atoms with Gasteiger partial charge in [0.1, 0.15) is 10.7 Å². The Labute approximate surface area is 126 Å². The van der Waals surface area contributed by atoms with Crippen LogP contribution in [0.4, 0.5) is 11.6 Å². The van der Waals surface area contributed by atoms with Crippen LogP contribution in [0.1, 0.15) is 10.5 Å². The predicted octanol–water partition coefficient (Wildman–Crippen LogP) is 1.48. The summed E-state index contributed by atoms with van der Waals surface area (Å²) in [5.41, 5.74) is 0.404. The Kier molecular flexibility index (Phi) is 3.53. The highest BCUT2D eigenvalue weighted by atomic mass is 32.1. The normalized spacial score (nSPS) is 10.4. The molecule has 11 heteroatoms. The number of nitrogens with one attached hydrogen (secondary N) is 2. The third-order valence-electron chi connectivity index (χ3n) is 2.64. The second-order valence-corrected chi connectivity index (χ2v) is 4.86. The lowest BCUT2D eigenvalue weighted by atomic mass is 10.2. The highest BCUT2D eigenvalue weighted by Crippen LogP contribution is 2.31. The van der Waals surface area contributed by atoms with Gasteiger partial charge in [0.05, 0.1) is 10.5 Å². The van der Waals surface area contributed by atoms with Gasteiger partial charge in [-0.3, -0.25) is 20.2 Å². The average molecular weight is 317 g/mol. The van der Waals surface area contributed by atoms with Crippen molar-refractivity contribution >= 4 is 28.9 Å². The van der Waals surface area contributed by atoms with Crippen LogP contribution in [0, 0.1) is 10.1 Å². The van der Waals surface area contributed by atoms with Crippen LogP contribution in [0.25, 0.3) is 10.6 Å². The minimum Gasteiger partial charge on any atom is -0.286 e. The number of H-pyrrole nitrogens is 1. The van der Waals surface area contributed by atoms with E-state index in [4.69, 9.17) is 0 Å². The molecule has 0 aliphatic carbocycles. The van der Waals surface area contributed by atoms with E-state index in [1.807, 2.05) is 0 Å². The Hall–Kier alpha value is -3.21. The molecular formula is C11H7N7O3S. The first-order chi connectivity index (χ1) is 10.6. The predicted molar refractivity (Wildman–Crippen MR) is 76.3 cm³/mol. The number of carbonyl (C=O) groups excluding carboxylic acids is 1. The third kappa shape index (κ3) is 2.64. The summed E-state index contributed by atoms with van der Waals surface area (Å²) in [7, 11) is 0. The van der Waals surface area contributed by atoms with Gasteiger partial charge < -0.3 is 0 Å². The molecule has 110 valence electrons. The number of rotatable bonds is 4. The van der Waals surface area contributed by atoms with Gasteiger partial charge in [-0.2, -0.15) is 5.21 Å². The SMILES string of the molecule is O=C(Nc1nn[nH]n1)c1csc(-c2ccccc2[N+](=O)[O-])n1. The highest BCUT2D eigenvalue weighted by Gasteiger charge is 2.19. The number of hydrogen-bond acceptors (Lipinski definition) is 8. The molecule has 2 heterocycles. The maximum absolute atomic E-state index is 12.0. The molecule has 10 nitrogen and oxygen atoms in total. The first-order valence-corrected chi connectivity index (χ1v) is 6.77. The summed E-state index contributed by atoms with van der Waals surface area (Å²) in [6, 6.07) is 6.20. The number of anilines is 1. The Bertz CT molecular complexity index is 830. The minimum absolute atomic E-state index is 0.0187. The average Bonchev–Trinajstić information content (AvgIpc) is 3.18. The number of carbonyl (C=O) groups is 1. The summed E-state index contributed by atoms with van der Waals surface area (Å²) in [6.45, 7) is 0. The zero-order chi connectivity index (χ0) is 15.5. The number of amides is 1. The maximum atomic E-state index is 12.0. The molecule has 0 bridgehead atoms. The molecule has 0 aliphatic rings. The fourth-order valence-corrected chi connectivity index (χ4v) is 2.53. The van der Waals surface area contributed by atoms with Crippen LogP contribution in [-0.2, 0) is 0 Å². The maximum Gasteiger partial charge on any atom is 0.279 e. The molecule has 2 N–H and O–H groups in total. The molecule has 0 saturated carbocycles. The minimum atomic E-state index is -0.525. The zero-order valence-corrected chi connectivity index (χ0v) is 11.6. The smallest absolute Gasteiger partial charge is 0.279 e. The lowest BCUT2D eigenvalue weighted by Crippen LogP contribution is -2.13. The van der Waals surface area contributed by atoms with Crippen LogP contribution >= 0.6 is 11.3 Å². The first-order valence-electron chi connectivity index (χ1n) is 5.89. The molecule has 0 unspecified atom stereocenters. The van der Waals surface area contributed by atoms with E-state index < -0.39 is 10.8 Å². The van der Waals surface area contributed by atoms with Crippen LogP contribution in [0.15, 0.2) is 29.6 Å². The summed E-state index contributed by atoms with van der Waals surface area (Å²) >= 11 is 1.13. The molecule has 22 heavy (non-hydrogen) atoms. The van der Waals surface area contributed by atoms with E-state index in [1.54, 1.807) is 18.2 Å². The molecule has 3 rings (SSSR count). The van der Waals surface area contributed by atoms with Gasteiger partial charge >= 0.3 is 0 Å². The number of nitro groups is 1. The Morgan fingerprint density at radius 1 is 1.36 bits per heavy atom. The molecule has 2 aromatic heterocycles. The van der Waals surface area contributed by atoms with E-state index in [2.05, 4.69) is 30.9 Å². The molecular weight excluding hydrogens is 310 g/mol. The van der Waals surface area contributed by atoms with E-state index in [-0.39, 0.29) is 17.3 Å². The zero-order valence-electron chi connectivity index (χ0n) is 10.8. The summed E-state index contributed by atoms with van der Waals surface area (Å²) in [4.78, 5) is 26.6. The Morgan fingerprint density at radius 3 is 2.91 bits per heavy atom. The van der Waals surface area contributed by atoms with Crippen LogP contribution in [0.3, 0.4) is 0 Å². The first kappa shape index (κ1) is 13.8. The van der Waals surface area contributed by atoms with Gasteiger partial charge in [0.25, 0.3) is 17.5 Å². The molecule has 1 amide bonds. The number of para-hydroxylation sites is 1. The van der Waals surface area contributed by atoms with Crippen LogP contribution < -0.4 is 5.32 Å². The summed E-state index contributed by atoms with van der Waals surface area (Å²) in [5.74, 6) is -0.507. The number of aromatic amines is 1. The van der Waals surface area contributed by atoms with Gasteiger partial charge in [0.15, 0.2) is 0 Å². The van der Waals surface area contributed by atoms with Crippen molar-refractivity contribution in [1.29, 1.82) is 0 Å². The van der Waals surface area contributed by atoms with E-state index in [0.29, 0.717) is 10.6 Å². The molecule has 0 atom stereocenters. The van der Waals surface area contributed by atoms with Crippen molar-refractivity contribution in [3.63, 3.8) is 0 Å². The second-order valence-electron chi connectivity index (χ2n) is 4.00. The summed E-state index contributed by atoms with van der Waals surface area (Å²) in [5, 5.41) is 28.0. The van der Waals surface area contributed by atoms with Crippen molar-refractivity contribution in [2.75, 3.05) is 5.32 Å². The van der Waals surface area contributed by atoms with Gasteiger partial charge in [-0.25, -0.2) is 4.98 Å². The van der Waals surface area contributed by atoms with Crippen molar-refractivity contribution < 1.29 is 9.72 Å². The number of thiazole rings is 1. The third-order valence-corrected chi connectivity index (χ3v) is 3.51. The monoisotopic (exact) mass is 317 g/mol. The number of hydrogen-bond donors (Lipinski definition) is 2. The molecule has 0 aliphatic heterocycles. The number of nitrogens with zero attached hydrogens (tertiary/aromatic N) is 5. The Morgan fingerprint density at radius 2 is 2.18 bits per heavy atom. The fraction of sp³-hybridized carbons (Fsp3) is 0. The topological polar surface area (TPSA) is 140 Å². The number of nitro benzene ring substituents is 1. The molecule has 0 fully saturated rings. The van der Waals surface area contributed by atoms with Gasteiger partial charge in [-0.1, -0.05) is 17.2 Å². The van der Waals surface area contributed by atoms with Crippen LogP contribution in [0.2, 0.25) is 0 Å². The van der Waals surface area contributed by atoms with Gasteiger partial charge in [-0.05, 0) is 11.3 Å². The second kappa shape index (κ2) is 5.65. The van der Waals surface area contributed by atoms with Crippen molar-refractivity contribution in [2.24, 2.45) is 0 Å². The van der Waals surface area contributed by atoms with E-state index in [9.17, 15) is 14.9 Å². The van der Waals surface area contributed by atoms with Gasteiger partial charge in [-0.15, -0.1) is 16.4 Å². The van der Waals surface area contributed by atoms with E-state index in [0.717, 1.165) is 11.3 Å². The standard InChI is InChI=1S/C11H7N7O3S/c19-9(13-11-14-16-17-15-11)7-5-22-10(12-7)6-3-1-2-4-8(6)18(20)21/h1-5H,(H2,13,14,15,16,17,19). The van der Waals surface area contributed by atoms with Crippen LogP contribution in [0.5, 0.6) is 0 Å². The summed E-state index contributed by atoms with van der Waals surface area (Å²) in [6.07, 6.45) is 0. The number of tetrazole rings is 1. The number of benzene rings is 1. The highest BCUT2D eigenvalue weighted by molar-refractivity contribution is 7.13. The Balaban J connectivity index is 1.88. The number of aromatic nitrogens is 5. The van der Waals surface area contributed by atoms with E-state index >= 15 is 0 Å². The summed E-state index contributed by atoms with van der Waals surface area (Å²) < 4.78 is 0. The fourth-order valence-electron chi connectivity index (χ4n) is 1.70. The van der Waals surface area contributed by atoms with Crippen molar-refractivity contribution in [3.8, 4) is 10.6 Å². The molecule has 0 radical (unpaired) electrons. The lowest BCUT2D eigenvalue weighted by molar-refractivity contribution is -0.384. The largest absolute Gasteiger partial charge is 0.286 e. The quantitative estimate of drug-likeness (QED) is 0.548. The molecule has 1 aromatic carbocycles. The van der Waals surface area contributed by atoms with Crippen molar-refractivity contribution in [1.82, 2.24) is 25.6 Å². The van der Waals surface area contributed by atoms with Crippen LogP contribution in [-0.4, -0.2) is 36.4 Å². The molecule has 0 spiro atoms. The van der Waals surface area contributed by atoms with Gasteiger partial charge in [0, 0.05) is 11.4 Å². The lowest BCUT2D eigenvalue weighted by Gasteiger charge is -1.98. The molecule has 3 aromatic rings. The van der Waals surface area contributed by atoms with Gasteiger partial charge in [0.2, 0.25) is 0 Å². The van der Waals surface area contributed by atoms with Crippen molar-refractivity contribution in [2.45, 2.75) is 0 Å².